The van der Waals surface area contributed by atoms with Crippen molar-refractivity contribution in [2.75, 3.05) is 5.32 Å². The summed E-state index contributed by atoms with van der Waals surface area (Å²) in [5.41, 5.74) is 6.85. The van der Waals surface area contributed by atoms with E-state index in [2.05, 4.69) is 78.2 Å². The second kappa shape index (κ2) is 5.12. The van der Waals surface area contributed by atoms with Crippen LogP contribution in [0, 0.1) is 0 Å². The van der Waals surface area contributed by atoms with Crippen LogP contribution in [0.3, 0.4) is 0 Å². The Kier molecular flexibility index (Phi) is 2.75. The third-order valence-electron chi connectivity index (χ3n) is 5.60. The fourth-order valence-electron chi connectivity index (χ4n) is 4.40. The van der Waals surface area contributed by atoms with Crippen molar-refractivity contribution in [2.24, 2.45) is 0 Å². The Hall–Kier alpha value is -3.26. The van der Waals surface area contributed by atoms with Gasteiger partial charge in [0, 0.05) is 33.5 Å². The zero-order valence-electron chi connectivity index (χ0n) is 14.1. The summed E-state index contributed by atoms with van der Waals surface area (Å²) in [5.74, 6) is 0.407. The van der Waals surface area contributed by atoms with E-state index in [1.165, 1.54) is 27.6 Å². The molecule has 2 aliphatic rings. The van der Waals surface area contributed by atoms with Gasteiger partial charge in [-0.2, -0.15) is 0 Å². The Labute approximate surface area is 151 Å². The quantitative estimate of drug-likeness (QED) is 0.444. The molecule has 3 aromatic carbocycles. The highest BCUT2D eigenvalue weighted by molar-refractivity contribution is 6.10. The van der Waals surface area contributed by atoms with Gasteiger partial charge in [0.05, 0.1) is 6.04 Å². The predicted molar refractivity (Wildman–Crippen MR) is 108 cm³/mol. The number of benzene rings is 3. The molecule has 0 fully saturated rings. The standard InChI is InChI=1S/C24H17NO/c1-3-13-21-15(7-1)17-9-5-10-18(23(17)25-21)20-12-6-11-19-16-8-2-4-14-22(16)26-24(19)20/h1-15,21,25H. The first-order valence-corrected chi connectivity index (χ1v) is 9.05. The van der Waals surface area contributed by atoms with Gasteiger partial charge in [-0.05, 0) is 11.6 Å². The van der Waals surface area contributed by atoms with Crippen molar-refractivity contribution < 1.29 is 4.42 Å². The highest BCUT2D eigenvalue weighted by Gasteiger charge is 2.31. The molecule has 1 aliphatic carbocycles. The van der Waals surface area contributed by atoms with Crippen LogP contribution in [0.25, 0.3) is 33.1 Å². The molecule has 2 atom stereocenters. The third kappa shape index (κ3) is 1.81. The summed E-state index contributed by atoms with van der Waals surface area (Å²) < 4.78 is 6.26. The predicted octanol–water partition coefficient (Wildman–Crippen LogP) is 6.26. The minimum absolute atomic E-state index is 0.339. The average molecular weight is 335 g/mol. The average Bonchev–Trinajstić information content (AvgIpc) is 3.26. The number of allylic oxidation sites excluding steroid dienone is 2. The van der Waals surface area contributed by atoms with Crippen LogP contribution in [-0.2, 0) is 0 Å². The van der Waals surface area contributed by atoms with Gasteiger partial charge < -0.3 is 9.73 Å². The van der Waals surface area contributed by atoms with E-state index in [0.717, 1.165) is 16.7 Å². The number of furan rings is 1. The van der Waals surface area contributed by atoms with Crippen molar-refractivity contribution in [3.8, 4) is 11.1 Å². The minimum Gasteiger partial charge on any atom is -0.455 e. The largest absolute Gasteiger partial charge is 0.455 e. The van der Waals surface area contributed by atoms with Crippen molar-refractivity contribution >= 4 is 27.6 Å². The van der Waals surface area contributed by atoms with Gasteiger partial charge in [0.25, 0.3) is 0 Å². The molecule has 6 rings (SSSR count). The third-order valence-corrected chi connectivity index (χ3v) is 5.60. The number of rotatable bonds is 1. The van der Waals surface area contributed by atoms with E-state index in [0.29, 0.717) is 12.0 Å². The molecule has 0 radical (unpaired) electrons. The van der Waals surface area contributed by atoms with Gasteiger partial charge >= 0.3 is 0 Å². The lowest BCUT2D eigenvalue weighted by Gasteiger charge is -2.15. The topological polar surface area (TPSA) is 25.2 Å². The smallest absolute Gasteiger partial charge is 0.143 e. The maximum Gasteiger partial charge on any atom is 0.143 e. The lowest BCUT2D eigenvalue weighted by Crippen LogP contribution is -2.17. The maximum absolute atomic E-state index is 6.26. The van der Waals surface area contributed by atoms with Crippen LogP contribution in [0.15, 0.2) is 89.4 Å². The molecule has 2 heteroatoms. The van der Waals surface area contributed by atoms with Crippen LogP contribution < -0.4 is 5.32 Å². The molecule has 0 saturated carbocycles. The van der Waals surface area contributed by atoms with Crippen molar-refractivity contribution in [3.05, 3.63) is 90.5 Å². The monoisotopic (exact) mass is 335 g/mol. The van der Waals surface area contributed by atoms with Gasteiger partial charge in [0.15, 0.2) is 0 Å². The van der Waals surface area contributed by atoms with Crippen LogP contribution in [0.4, 0.5) is 5.69 Å². The molecule has 1 aromatic heterocycles. The fraction of sp³-hybridized carbons (Fsp3) is 0.0833. The van der Waals surface area contributed by atoms with Gasteiger partial charge in [-0.3, -0.25) is 0 Å². The first-order valence-electron chi connectivity index (χ1n) is 9.05. The number of anilines is 1. The summed E-state index contributed by atoms with van der Waals surface area (Å²) in [4.78, 5) is 0. The van der Waals surface area contributed by atoms with E-state index < -0.39 is 0 Å². The summed E-state index contributed by atoms with van der Waals surface area (Å²) >= 11 is 0. The van der Waals surface area contributed by atoms with Crippen molar-refractivity contribution in [1.29, 1.82) is 0 Å². The highest BCUT2D eigenvalue weighted by Crippen LogP contribution is 2.46. The molecular formula is C24H17NO. The Morgan fingerprint density at radius 1 is 0.731 bits per heavy atom. The van der Waals surface area contributed by atoms with Gasteiger partial charge in [-0.15, -0.1) is 0 Å². The molecule has 124 valence electrons. The minimum atomic E-state index is 0.339. The Morgan fingerprint density at radius 3 is 2.54 bits per heavy atom. The molecular weight excluding hydrogens is 318 g/mol. The second-order valence-electron chi connectivity index (χ2n) is 7.02. The van der Waals surface area contributed by atoms with Gasteiger partial charge in [0.1, 0.15) is 11.2 Å². The molecule has 2 unspecified atom stereocenters. The molecule has 1 N–H and O–H groups in total. The lowest BCUT2D eigenvalue weighted by molar-refractivity contribution is 0.670. The number of para-hydroxylation sites is 3. The first kappa shape index (κ1) is 14.0. The van der Waals surface area contributed by atoms with Gasteiger partial charge in [-0.1, -0.05) is 78.9 Å². The number of hydrogen-bond donors (Lipinski definition) is 1. The van der Waals surface area contributed by atoms with E-state index in [-0.39, 0.29) is 0 Å². The first-order chi connectivity index (χ1) is 12.9. The summed E-state index contributed by atoms with van der Waals surface area (Å²) in [6.07, 6.45) is 8.80. The molecule has 4 aromatic rings. The maximum atomic E-state index is 6.26. The molecule has 26 heavy (non-hydrogen) atoms. The zero-order valence-corrected chi connectivity index (χ0v) is 14.1. The summed E-state index contributed by atoms with van der Waals surface area (Å²) in [6.45, 7) is 0. The normalized spacial score (nSPS) is 20.3. The van der Waals surface area contributed by atoms with Gasteiger partial charge in [-0.25, -0.2) is 0 Å². The number of hydrogen-bond acceptors (Lipinski definition) is 2. The Bertz CT molecular complexity index is 1230. The van der Waals surface area contributed by atoms with Gasteiger partial charge in [0.2, 0.25) is 0 Å². The van der Waals surface area contributed by atoms with E-state index in [1.54, 1.807) is 0 Å². The second-order valence-corrected chi connectivity index (χ2v) is 7.02. The highest BCUT2D eigenvalue weighted by atomic mass is 16.3. The lowest BCUT2D eigenvalue weighted by atomic mass is 9.90. The summed E-state index contributed by atoms with van der Waals surface area (Å²) in [7, 11) is 0. The van der Waals surface area contributed by atoms with Crippen molar-refractivity contribution in [1.82, 2.24) is 0 Å². The summed E-state index contributed by atoms with van der Waals surface area (Å²) in [6, 6.07) is 21.6. The van der Waals surface area contributed by atoms with E-state index in [1.807, 2.05) is 12.1 Å². The van der Waals surface area contributed by atoms with E-state index in [4.69, 9.17) is 4.42 Å². The van der Waals surface area contributed by atoms with Crippen LogP contribution in [0.1, 0.15) is 11.5 Å². The zero-order chi connectivity index (χ0) is 17.1. The Morgan fingerprint density at radius 2 is 1.54 bits per heavy atom. The van der Waals surface area contributed by atoms with Crippen LogP contribution >= 0.6 is 0 Å². The molecule has 2 nitrogen and oxygen atoms in total. The van der Waals surface area contributed by atoms with Crippen molar-refractivity contribution in [2.45, 2.75) is 12.0 Å². The molecule has 0 amide bonds. The van der Waals surface area contributed by atoms with E-state index in [9.17, 15) is 0 Å². The molecule has 0 saturated heterocycles. The fourth-order valence-corrected chi connectivity index (χ4v) is 4.40. The molecule has 0 spiro atoms. The molecule has 2 heterocycles. The molecule has 1 aliphatic heterocycles. The Balaban J connectivity index is 1.63. The SMILES string of the molecule is C1=CC2Nc3c(-c4cccc5c4oc4ccccc45)cccc3C2C=C1. The number of nitrogens with one attached hydrogen (secondary N) is 1. The van der Waals surface area contributed by atoms with Crippen LogP contribution in [-0.4, -0.2) is 6.04 Å². The van der Waals surface area contributed by atoms with E-state index >= 15 is 0 Å². The number of fused-ring (bicyclic) bond motifs is 6. The van der Waals surface area contributed by atoms with Crippen LogP contribution in [0.2, 0.25) is 0 Å². The van der Waals surface area contributed by atoms with Crippen LogP contribution in [0.5, 0.6) is 0 Å². The molecule has 0 bridgehead atoms. The summed E-state index contributed by atoms with van der Waals surface area (Å²) in [5, 5.41) is 6.07. The van der Waals surface area contributed by atoms with Crippen molar-refractivity contribution in [3.63, 3.8) is 0 Å².